The average molecular weight is 248 g/mol. The van der Waals surface area contributed by atoms with Crippen LogP contribution in [-0.2, 0) is 4.74 Å². The first-order valence-corrected chi connectivity index (χ1v) is 4.61. The quantitative estimate of drug-likeness (QED) is 0.378. The molecule has 0 amide bonds. The van der Waals surface area contributed by atoms with E-state index in [0.29, 0.717) is 0 Å². The molecule has 0 atom stereocenters. The normalized spacial score (nSPS) is 10.6. The van der Waals surface area contributed by atoms with Gasteiger partial charge in [-0.05, 0) is 12.1 Å². The van der Waals surface area contributed by atoms with Crippen molar-refractivity contribution >= 4 is 35.4 Å². The summed E-state index contributed by atoms with van der Waals surface area (Å²) >= 11 is 11.7. The highest BCUT2D eigenvalue weighted by atomic mass is 35.5. The number of nitrogens with zero attached hydrogens (tertiary/aromatic N) is 1. The summed E-state index contributed by atoms with van der Waals surface area (Å²) in [7, 11) is 1.24. The molecule has 0 aromatic heterocycles. The molecule has 0 aliphatic heterocycles. The molecule has 15 heavy (non-hydrogen) atoms. The summed E-state index contributed by atoms with van der Waals surface area (Å²) in [5, 5.41) is 11.6. The highest BCUT2D eigenvalue weighted by Gasteiger charge is 2.15. The molecule has 0 radical (unpaired) electrons. The molecule has 1 aromatic carbocycles. The number of carbonyl (C=O) groups is 1. The molecule has 0 bridgehead atoms. The number of methoxy groups -OCH3 is 1. The van der Waals surface area contributed by atoms with Gasteiger partial charge < -0.3 is 9.94 Å². The molecule has 1 rings (SSSR count). The van der Waals surface area contributed by atoms with E-state index in [1.807, 2.05) is 0 Å². The van der Waals surface area contributed by atoms with Crippen LogP contribution in [0.25, 0.3) is 0 Å². The Hall–Kier alpha value is -1.26. The Kier molecular flexibility index (Phi) is 3.94. The minimum absolute atomic E-state index is 0.0900. The third kappa shape index (κ3) is 2.40. The summed E-state index contributed by atoms with van der Waals surface area (Å²) in [6, 6.07) is 2.90. The van der Waals surface area contributed by atoms with Gasteiger partial charge >= 0.3 is 5.97 Å². The summed E-state index contributed by atoms with van der Waals surface area (Å²) in [6.45, 7) is 0. The van der Waals surface area contributed by atoms with E-state index < -0.39 is 5.97 Å². The Balaban J connectivity index is 3.34. The maximum atomic E-state index is 11.2. The van der Waals surface area contributed by atoms with E-state index in [1.54, 1.807) is 0 Å². The number of hydrogen-bond donors (Lipinski definition) is 1. The maximum absolute atomic E-state index is 11.2. The van der Waals surface area contributed by atoms with Gasteiger partial charge in [-0.15, -0.1) is 0 Å². The van der Waals surface area contributed by atoms with Crippen molar-refractivity contribution in [1.82, 2.24) is 0 Å². The van der Waals surface area contributed by atoms with Crippen LogP contribution in [0.2, 0.25) is 10.0 Å². The minimum Gasteiger partial charge on any atom is -0.465 e. The van der Waals surface area contributed by atoms with Crippen LogP contribution in [0.5, 0.6) is 0 Å². The van der Waals surface area contributed by atoms with Crippen molar-refractivity contribution in [2.24, 2.45) is 5.16 Å². The van der Waals surface area contributed by atoms with E-state index in [4.69, 9.17) is 28.4 Å². The molecule has 0 unspecified atom stereocenters. The average Bonchev–Trinajstić information content (AvgIpc) is 2.23. The summed E-state index contributed by atoms with van der Waals surface area (Å²) in [5.74, 6) is -0.579. The molecular formula is C9H7Cl2NO3. The van der Waals surface area contributed by atoms with Gasteiger partial charge in [-0.1, -0.05) is 28.4 Å². The third-order valence-electron chi connectivity index (χ3n) is 1.72. The molecular weight excluding hydrogens is 241 g/mol. The van der Waals surface area contributed by atoms with E-state index in [9.17, 15) is 4.79 Å². The van der Waals surface area contributed by atoms with Crippen molar-refractivity contribution in [2.45, 2.75) is 0 Å². The van der Waals surface area contributed by atoms with Gasteiger partial charge in [0.1, 0.15) is 0 Å². The van der Waals surface area contributed by atoms with E-state index in [-0.39, 0.29) is 21.2 Å². The lowest BCUT2D eigenvalue weighted by Crippen LogP contribution is -2.04. The van der Waals surface area contributed by atoms with E-state index in [2.05, 4.69) is 9.89 Å². The smallest absolute Gasteiger partial charge is 0.339 e. The third-order valence-corrected chi connectivity index (χ3v) is 2.46. The zero-order valence-electron chi connectivity index (χ0n) is 7.70. The lowest BCUT2D eigenvalue weighted by Gasteiger charge is -2.05. The topological polar surface area (TPSA) is 58.9 Å². The fourth-order valence-electron chi connectivity index (χ4n) is 1.01. The van der Waals surface area contributed by atoms with Crippen LogP contribution in [0.3, 0.4) is 0 Å². The molecule has 0 saturated carbocycles. The van der Waals surface area contributed by atoms with Crippen LogP contribution in [0.1, 0.15) is 15.9 Å². The number of ether oxygens (including phenoxy) is 1. The maximum Gasteiger partial charge on any atom is 0.339 e. The predicted octanol–water partition coefficient (Wildman–Crippen LogP) is 2.59. The van der Waals surface area contributed by atoms with Crippen molar-refractivity contribution in [3.63, 3.8) is 0 Å². The predicted molar refractivity (Wildman–Crippen MR) is 57.2 cm³/mol. The second-order valence-electron chi connectivity index (χ2n) is 2.56. The zero-order chi connectivity index (χ0) is 11.4. The molecule has 0 aliphatic rings. The Morgan fingerprint density at radius 1 is 1.53 bits per heavy atom. The molecule has 1 aromatic rings. The fraction of sp³-hybridized carbons (Fsp3) is 0.111. The van der Waals surface area contributed by atoms with Crippen LogP contribution >= 0.6 is 23.2 Å². The first kappa shape index (κ1) is 11.8. The van der Waals surface area contributed by atoms with Crippen LogP contribution in [0.4, 0.5) is 0 Å². The largest absolute Gasteiger partial charge is 0.465 e. The van der Waals surface area contributed by atoms with Crippen LogP contribution in [-0.4, -0.2) is 24.5 Å². The van der Waals surface area contributed by atoms with Crippen LogP contribution in [0, 0.1) is 0 Å². The molecule has 0 aliphatic carbocycles. The lowest BCUT2D eigenvalue weighted by molar-refractivity contribution is 0.0601. The number of rotatable bonds is 2. The molecule has 80 valence electrons. The summed E-state index contributed by atoms with van der Waals surface area (Å²) < 4.78 is 4.52. The number of oxime groups is 1. The standard InChI is InChI=1S/C9H7Cl2NO3/c1-15-9(13)5-2-3-7(10)6(4-12-14)8(5)11/h2-4,14H,1H3. The SMILES string of the molecule is COC(=O)c1ccc(Cl)c(C=NO)c1Cl. The van der Waals surface area contributed by atoms with Crippen LogP contribution < -0.4 is 0 Å². The van der Waals surface area contributed by atoms with Crippen molar-refractivity contribution in [2.75, 3.05) is 7.11 Å². The van der Waals surface area contributed by atoms with Gasteiger partial charge in [0.05, 0.1) is 28.9 Å². The fourth-order valence-corrected chi connectivity index (χ4v) is 1.56. The van der Waals surface area contributed by atoms with Crippen LogP contribution in [0.15, 0.2) is 17.3 Å². The summed E-state index contributed by atoms with van der Waals surface area (Å²) in [5.41, 5.74) is 0.433. The van der Waals surface area contributed by atoms with E-state index >= 15 is 0 Å². The van der Waals surface area contributed by atoms with Gasteiger partial charge in [-0.2, -0.15) is 0 Å². The number of hydrogen-bond acceptors (Lipinski definition) is 4. The summed E-state index contributed by atoms with van der Waals surface area (Å²) in [4.78, 5) is 11.2. The van der Waals surface area contributed by atoms with Crippen molar-refractivity contribution in [3.8, 4) is 0 Å². The highest BCUT2D eigenvalue weighted by molar-refractivity contribution is 6.40. The van der Waals surface area contributed by atoms with Crippen molar-refractivity contribution in [1.29, 1.82) is 0 Å². The molecule has 0 saturated heterocycles. The van der Waals surface area contributed by atoms with Crippen molar-refractivity contribution < 1.29 is 14.7 Å². The second kappa shape index (κ2) is 5.00. The Morgan fingerprint density at radius 3 is 2.73 bits per heavy atom. The molecule has 6 heteroatoms. The lowest BCUT2D eigenvalue weighted by atomic mass is 10.1. The van der Waals surface area contributed by atoms with E-state index in [0.717, 1.165) is 6.21 Å². The molecule has 0 heterocycles. The number of carbonyl (C=O) groups excluding carboxylic acids is 1. The molecule has 4 nitrogen and oxygen atoms in total. The first-order valence-electron chi connectivity index (χ1n) is 3.85. The summed E-state index contributed by atoms with van der Waals surface area (Å²) in [6.07, 6.45) is 1.05. The zero-order valence-corrected chi connectivity index (χ0v) is 9.21. The first-order chi connectivity index (χ1) is 7.11. The number of benzene rings is 1. The second-order valence-corrected chi connectivity index (χ2v) is 3.34. The minimum atomic E-state index is -0.579. The number of esters is 1. The monoisotopic (exact) mass is 247 g/mol. The van der Waals surface area contributed by atoms with E-state index in [1.165, 1.54) is 19.2 Å². The van der Waals surface area contributed by atoms with Gasteiger partial charge in [0.15, 0.2) is 0 Å². The molecule has 0 spiro atoms. The van der Waals surface area contributed by atoms with Gasteiger partial charge in [-0.25, -0.2) is 4.79 Å². The Morgan fingerprint density at radius 2 is 2.20 bits per heavy atom. The highest BCUT2D eigenvalue weighted by Crippen LogP contribution is 2.27. The molecule has 0 fully saturated rings. The Labute approximate surface area is 96.1 Å². The van der Waals surface area contributed by atoms with Gasteiger partial charge in [0.2, 0.25) is 0 Å². The van der Waals surface area contributed by atoms with Crippen molar-refractivity contribution in [3.05, 3.63) is 33.3 Å². The molecule has 1 N–H and O–H groups in total. The number of halogens is 2. The van der Waals surface area contributed by atoms with Gasteiger partial charge in [-0.3, -0.25) is 0 Å². The van der Waals surface area contributed by atoms with Gasteiger partial charge in [0.25, 0.3) is 0 Å². The van der Waals surface area contributed by atoms with Gasteiger partial charge in [0, 0.05) is 5.56 Å². The Bertz CT molecular complexity index is 418.